The summed E-state index contributed by atoms with van der Waals surface area (Å²) in [6, 6.07) is 1.64. The first-order chi connectivity index (χ1) is 12.2. The summed E-state index contributed by atoms with van der Waals surface area (Å²) in [6.07, 6.45) is 8.99. The largest absolute Gasteiger partial charge is 0.360 e. The number of carbonyl (C=O) groups excluding carboxylic acids is 1. The van der Waals surface area contributed by atoms with Crippen molar-refractivity contribution in [3.8, 4) is 0 Å². The van der Waals surface area contributed by atoms with Gasteiger partial charge in [-0.2, -0.15) is 5.10 Å². The van der Waals surface area contributed by atoms with Crippen molar-refractivity contribution in [3.63, 3.8) is 0 Å². The van der Waals surface area contributed by atoms with Gasteiger partial charge in [-0.25, -0.2) is 0 Å². The standard InChI is InChI=1S/C18H27N5O2/c1-3-4-5-16(18(24)21-17-10-13(2)25-22-17)23-8-6-14(7-9-23)15-11-19-20-12-15/h10-12,14,16H,3-9H2,1-2H3,(H,19,20)(H,21,22,24). The smallest absolute Gasteiger partial charge is 0.242 e. The highest BCUT2D eigenvalue weighted by Gasteiger charge is 2.30. The fourth-order valence-electron chi connectivity index (χ4n) is 3.54. The minimum absolute atomic E-state index is 0.0171. The van der Waals surface area contributed by atoms with Crippen molar-refractivity contribution >= 4 is 11.7 Å². The molecule has 1 fully saturated rings. The van der Waals surface area contributed by atoms with E-state index in [1.165, 1.54) is 5.56 Å². The number of aromatic amines is 1. The minimum Gasteiger partial charge on any atom is -0.360 e. The molecule has 1 atom stereocenters. The van der Waals surface area contributed by atoms with Gasteiger partial charge in [0.2, 0.25) is 5.91 Å². The lowest BCUT2D eigenvalue weighted by Gasteiger charge is -2.36. The Morgan fingerprint density at radius 3 is 2.88 bits per heavy atom. The zero-order valence-electron chi connectivity index (χ0n) is 15.0. The number of carbonyl (C=O) groups is 1. The normalized spacial score (nSPS) is 17.5. The summed E-state index contributed by atoms with van der Waals surface area (Å²) in [5, 5.41) is 13.7. The number of hydrogen-bond donors (Lipinski definition) is 2. The molecule has 0 bridgehead atoms. The highest BCUT2D eigenvalue weighted by atomic mass is 16.5. The van der Waals surface area contributed by atoms with Gasteiger partial charge in [0.15, 0.2) is 5.82 Å². The molecule has 1 aliphatic rings. The molecule has 1 saturated heterocycles. The lowest BCUT2D eigenvalue weighted by atomic mass is 9.90. The quantitative estimate of drug-likeness (QED) is 0.805. The number of hydrogen-bond acceptors (Lipinski definition) is 5. The molecule has 0 radical (unpaired) electrons. The monoisotopic (exact) mass is 345 g/mol. The Hall–Kier alpha value is -2.15. The molecular formula is C18H27N5O2. The third-order valence-electron chi connectivity index (χ3n) is 4.97. The van der Waals surface area contributed by atoms with Gasteiger partial charge in [-0.1, -0.05) is 24.9 Å². The average Bonchev–Trinajstić information content (AvgIpc) is 3.28. The number of likely N-dealkylation sites (tertiary alicyclic amines) is 1. The maximum atomic E-state index is 12.8. The zero-order chi connectivity index (χ0) is 17.6. The van der Waals surface area contributed by atoms with E-state index in [9.17, 15) is 4.79 Å². The van der Waals surface area contributed by atoms with Gasteiger partial charge in [-0.05, 0) is 50.8 Å². The molecule has 0 saturated carbocycles. The second-order valence-electron chi connectivity index (χ2n) is 6.81. The number of nitrogens with zero attached hydrogens (tertiary/aromatic N) is 3. The van der Waals surface area contributed by atoms with Crippen molar-refractivity contribution in [1.29, 1.82) is 0 Å². The molecule has 136 valence electrons. The van der Waals surface area contributed by atoms with E-state index in [1.54, 1.807) is 6.07 Å². The predicted molar refractivity (Wildman–Crippen MR) is 95.3 cm³/mol. The molecule has 25 heavy (non-hydrogen) atoms. The topological polar surface area (TPSA) is 87.1 Å². The fourth-order valence-corrected chi connectivity index (χ4v) is 3.54. The van der Waals surface area contributed by atoms with Crippen LogP contribution in [0.2, 0.25) is 0 Å². The number of rotatable bonds is 7. The van der Waals surface area contributed by atoms with Gasteiger partial charge in [0, 0.05) is 12.3 Å². The number of nitrogens with one attached hydrogen (secondary N) is 2. The van der Waals surface area contributed by atoms with E-state index >= 15 is 0 Å². The van der Waals surface area contributed by atoms with Gasteiger partial charge in [-0.15, -0.1) is 0 Å². The van der Waals surface area contributed by atoms with Crippen LogP contribution < -0.4 is 5.32 Å². The number of piperidine rings is 1. The second kappa shape index (κ2) is 8.29. The van der Waals surface area contributed by atoms with E-state index < -0.39 is 0 Å². The maximum Gasteiger partial charge on any atom is 0.242 e. The van der Waals surface area contributed by atoms with Gasteiger partial charge < -0.3 is 9.84 Å². The van der Waals surface area contributed by atoms with Gasteiger partial charge in [-0.3, -0.25) is 14.8 Å². The van der Waals surface area contributed by atoms with E-state index in [0.29, 0.717) is 17.5 Å². The Labute approximate surface area is 148 Å². The van der Waals surface area contributed by atoms with Crippen LogP contribution in [0, 0.1) is 6.92 Å². The number of aryl methyl sites for hydroxylation is 1. The summed E-state index contributed by atoms with van der Waals surface area (Å²) >= 11 is 0. The van der Waals surface area contributed by atoms with Crippen molar-refractivity contribution < 1.29 is 9.32 Å². The minimum atomic E-state index is -0.109. The second-order valence-corrected chi connectivity index (χ2v) is 6.81. The molecule has 7 nitrogen and oxygen atoms in total. The van der Waals surface area contributed by atoms with Crippen molar-refractivity contribution in [2.24, 2.45) is 0 Å². The highest BCUT2D eigenvalue weighted by molar-refractivity contribution is 5.94. The first kappa shape index (κ1) is 17.7. The molecule has 1 amide bonds. The van der Waals surface area contributed by atoms with E-state index in [0.717, 1.165) is 45.2 Å². The molecule has 1 aliphatic heterocycles. The summed E-state index contributed by atoms with van der Waals surface area (Å²) in [4.78, 5) is 15.1. The van der Waals surface area contributed by atoms with Gasteiger partial charge in [0.1, 0.15) is 5.76 Å². The molecule has 3 rings (SSSR count). The van der Waals surface area contributed by atoms with Crippen molar-refractivity contribution in [3.05, 3.63) is 29.8 Å². The highest BCUT2D eigenvalue weighted by Crippen LogP contribution is 2.29. The third kappa shape index (κ3) is 4.48. The predicted octanol–water partition coefficient (Wildman–Crippen LogP) is 3.08. The molecule has 2 aromatic heterocycles. The Balaban J connectivity index is 1.61. The molecule has 0 aromatic carbocycles. The average molecular weight is 345 g/mol. The molecular weight excluding hydrogens is 318 g/mol. The SMILES string of the molecule is CCCCC(C(=O)Nc1cc(C)on1)N1CCC(c2cn[nH]c2)CC1. The summed E-state index contributed by atoms with van der Waals surface area (Å²) in [5.74, 6) is 1.74. The van der Waals surface area contributed by atoms with Crippen LogP contribution in [0.3, 0.4) is 0 Å². The molecule has 1 unspecified atom stereocenters. The summed E-state index contributed by atoms with van der Waals surface area (Å²) < 4.78 is 5.04. The van der Waals surface area contributed by atoms with E-state index in [4.69, 9.17) is 4.52 Å². The van der Waals surface area contributed by atoms with Crippen LogP contribution in [0.4, 0.5) is 5.82 Å². The first-order valence-corrected chi connectivity index (χ1v) is 9.14. The number of H-pyrrole nitrogens is 1. The van der Waals surface area contributed by atoms with Crippen molar-refractivity contribution in [2.75, 3.05) is 18.4 Å². The zero-order valence-corrected chi connectivity index (χ0v) is 15.0. The van der Waals surface area contributed by atoms with Crippen LogP contribution >= 0.6 is 0 Å². The molecule has 3 heterocycles. The Morgan fingerprint density at radius 1 is 1.48 bits per heavy atom. The summed E-state index contributed by atoms with van der Waals surface area (Å²) in [5.41, 5.74) is 1.27. The molecule has 2 N–H and O–H groups in total. The fraction of sp³-hybridized carbons (Fsp3) is 0.611. The van der Waals surface area contributed by atoms with Gasteiger partial charge in [0.25, 0.3) is 0 Å². The Bertz CT molecular complexity index is 659. The maximum absolute atomic E-state index is 12.8. The lowest BCUT2D eigenvalue weighted by Crippen LogP contribution is -2.47. The third-order valence-corrected chi connectivity index (χ3v) is 4.97. The van der Waals surface area contributed by atoms with Gasteiger partial charge >= 0.3 is 0 Å². The van der Waals surface area contributed by atoms with Crippen LogP contribution in [-0.2, 0) is 4.79 Å². The Kier molecular flexibility index (Phi) is 5.86. The first-order valence-electron chi connectivity index (χ1n) is 9.14. The van der Waals surface area contributed by atoms with Crippen LogP contribution in [0.5, 0.6) is 0 Å². The summed E-state index contributed by atoms with van der Waals surface area (Å²) in [7, 11) is 0. The number of aromatic nitrogens is 3. The molecule has 2 aromatic rings. The molecule has 0 aliphatic carbocycles. The van der Waals surface area contributed by atoms with Gasteiger partial charge in [0.05, 0.1) is 12.2 Å². The number of unbranched alkanes of at least 4 members (excludes halogenated alkanes) is 1. The van der Waals surface area contributed by atoms with Crippen LogP contribution in [-0.4, -0.2) is 45.3 Å². The van der Waals surface area contributed by atoms with E-state index in [-0.39, 0.29) is 11.9 Å². The molecule has 7 heteroatoms. The number of anilines is 1. The Morgan fingerprint density at radius 2 is 2.28 bits per heavy atom. The van der Waals surface area contributed by atoms with Crippen LogP contribution in [0.25, 0.3) is 0 Å². The summed E-state index contributed by atoms with van der Waals surface area (Å²) in [6.45, 7) is 5.82. The van der Waals surface area contributed by atoms with Crippen LogP contribution in [0.1, 0.15) is 56.3 Å². The molecule has 0 spiro atoms. The number of amides is 1. The van der Waals surface area contributed by atoms with E-state index in [1.807, 2.05) is 19.3 Å². The van der Waals surface area contributed by atoms with Crippen molar-refractivity contribution in [2.45, 2.75) is 57.9 Å². The lowest BCUT2D eigenvalue weighted by molar-refractivity contribution is -0.122. The van der Waals surface area contributed by atoms with E-state index in [2.05, 4.69) is 32.5 Å². The van der Waals surface area contributed by atoms with Crippen molar-refractivity contribution in [1.82, 2.24) is 20.3 Å². The van der Waals surface area contributed by atoms with Crippen LogP contribution in [0.15, 0.2) is 23.0 Å².